The summed E-state index contributed by atoms with van der Waals surface area (Å²) in [6.45, 7) is 0.225. The molecule has 0 amide bonds. The van der Waals surface area contributed by atoms with Crippen LogP contribution in [0.5, 0.6) is 5.75 Å². The summed E-state index contributed by atoms with van der Waals surface area (Å²) >= 11 is 8.21. The van der Waals surface area contributed by atoms with Crippen molar-refractivity contribution in [1.82, 2.24) is 14.9 Å². The van der Waals surface area contributed by atoms with Gasteiger partial charge >= 0.3 is 0 Å². The summed E-state index contributed by atoms with van der Waals surface area (Å²) in [5.74, 6) is 1.07. The first-order valence-electron chi connectivity index (χ1n) is 7.00. The van der Waals surface area contributed by atoms with Crippen LogP contribution >= 0.6 is 28.1 Å². The van der Waals surface area contributed by atoms with Gasteiger partial charge in [-0.15, -0.1) is 0 Å². The van der Waals surface area contributed by atoms with E-state index in [9.17, 15) is 8.78 Å². The molecule has 0 aliphatic carbocycles. The highest BCUT2D eigenvalue weighted by Crippen LogP contribution is 2.18. The van der Waals surface area contributed by atoms with E-state index in [1.807, 2.05) is 24.3 Å². The van der Waals surface area contributed by atoms with Crippen LogP contribution in [-0.4, -0.2) is 21.1 Å². The van der Waals surface area contributed by atoms with Gasteiger partial charge in [0.05, 0.1) is 6.21 Å². The van der Waals surface area contributed by atoms with Gasteiger partial charge in [0.2, 0.25) is 10.6 Å². The number of hydrogen-bond donors (Lipinski definition) is 1. The highest BCUT2D eigenvalue weighted by atomic mass is 79.9. The number of nitrogens with zero attached hydrogens (tertiary/aromatic N) is 3. The lowest BCUT2D eigenvalue weighted by Gasteiger charge is -2.03. The molecule has 0 atom stereocenters. The molecule has 0 aliphatic heterocycles. The van der Waals surface area contributed by atoms with E-state index in [0.29, 0.717) is 17.3 Å². The zero-order valence-electron chi connectivity index (χ0n) is 12.5. The SMILES string of the molecule is FC(F)c1n[nH]c(=S)n1/N=C\c1ccc(COc2ccc(Br)cc2)o1. The maximum Gasteiger partial charge on any atom is 0.299 e. The standard InChI is InChI=1S/C15H11BrF2N4O2S/c16-9-1-3-10(4-2-9)23-8-12-6-5-11(24-12)7-19-22-14(13(17)18)20-21-15(22)25/h1-7,13H,8H2,(H,21,25)/b19-7-. The second kappa shape index (κ2) is 7.70. The van der Waals surface area contributed by atoms with E-state index in [0.717, 1.165) is 9.15 Å². The second-order valence-electron chi connectivity index (χ2n) is 4.79. The molecule has 1 N–H and O–H groups in total. The number of H-pyrrole nitrogens is 1. The Morgan fingerprint density at radius 2 is 2.08 bits per heavy atom. The third-order valence-electron chi connectivity index (χ3n) is 3.05. The maximum absolute atomic E-state index is 12.8. The number of ether oxygens (including phenoxy) is 1. The predicted molar refractivity (Wildman–Crippen MR) is 92.5 cm³/mol. The maximum atomic E-state index is 12.8. The van der Waals surface area contributed by atoms with Crippen molar-refractivity contribution in [2.75, 3.05) is 0 Å². The van der Waals surface area contributed by atoms with Gasteiger partial charge < -0.3 is 9.15 Å². The highest BCUT2D eigenvalue weighted by Gasteiger charge is 2.16. The number of aromatic amines is 1. The molecule has 2 aromatic heterocycles. The summed E-state index contributed by atoms with van der Waals surface area (Å²) < 4.78 is 38.5. The van der Waals surface area contributed by atoms with Crippen molar-refractivity contribution in [2.24, 2.45) is 5.10 Å². The van der Waals surface area contributed by atoms with Crippen LogP contribution in [0.3, 0.4) is 0 Å². The van der Waals surface area contributed by atoms with Gasteiger partial charge in [0.25, 0.3) is 6.43 Å². The Hall–Kier alpha value is -2.33. The molecule has 0 saturated heterocycles. The average Bonchev–Trinajstić information content (AvgIpc) is 3.19. The van der Waals surface area contributed by atoms with Crippen molar-refractivity contribution in [3.63, 3.8) is 0 Å². The van der Waals surface area contributed by atoms with Gasteiger partial charge in [-0.3, -0.25) is 0 Å². The van der Waals surface area contributed by atoms with E-state index < -0.39 is 12.2 Å². The molecule has 2 heterocycles. The van der Waals surface area contributed by atoms with Crippen LogP contribution in [0.4, 0.5) is 8.78 Å². The molecule has 130 valence electrons. The Bertz CT molecular complexity index is 934. The molecule has 0 aliphatic rings. The van der Waals surface area contributed by atoms with E-state index in [4.69, 9.17) is 21.4 Å². The third-order valence-corrected chi connectivity index (χ3v) is 3.84. The monoisotopic (exact) mass is 428 g/mol. The molecule has 25 heavy (non-hydrogen) atoms. The minimum absolute atomic E-state index is 0.0306. The van der Waals surface area contributed by atoms with E-state index in [1.165, 1.54) is 6.21 Å². The van der Waals surface area contributed by atoms with Gasteiger partial charge in [-0.05, 0) is 48.6 Å². The molecule has 10 heteroatoms. The molecule has 0 saturated carbocycles. The Morgan fingerprint density at radius 3 is 2.80 bits per heavy atom. The number of aromatic nitrogens is 3. The minimum atomic E-state index is -2.79. The summed E-state index contributed by atoms with van der Waals surface area (Å²) in [4.78, 5) is 0. The summed E-state index contributed by atoms with van der Waals surface area (Å²) in [6.07, 6.45) is -1.52. The van der Waals surface area contributed by atoms with E-state index in [2.05, 4.69) is 31.2 Å². The van der Waals surface area contributed by atoms with Crippen molar-refractivity contribution in [3.05, 3.63) is 63.0 Å². The minimum Gasteiger partial charge on any atom is -0.486 e. The molecular formula is C15H11BrF2N4O2S. The fraction of sp³-hybridized carbons (Fsp3) is 0.133. The van der Waals surface area contributed by atoms with E-state index in [1.54, 1.807) is 12.1 Å². The van der Waals surface area contributed by atoms with Crippen molar-refractivity contribution in [2.45, 2.75) is 13.0 Å². The van der Waals surface area contributed by atoms with Crippen molar-refractivity contribution >= 4 is 34.4 Å². The Balaban J connectivity index is 1.66. The lowest BCUT2D eigenvalue weighted by atomic mass is 10.3. The Labute approximate surface area is 154 Å². The van der Waals surface area contributed by atoms with Crippen LogP contribution in [0.2, 0.25) is 0 Å². The fourth-order valence-corrected chi connectivity index (χ4v) is 2.35. The van der Waals surface area contributed by atoms with Gasteiger partial charge in [-0.25, -0.2) is 13.9 Å². The van der Waals surface area contributed by atoms with Crippen molar-refractivity contribution in [1.29, 1.82) is 0 Å². The lowest BCUT2D eigenvalue weighted by molar-refractivity contribution is 0.136. The molecule has 0 unspecified atom stereocenters. The molecular weight excluding hydrogens is 418 g/mol. The number of hydrogen-bond acceptors (Lipinski definition) is 5. The average molecular weight is 429 g/mol. The summed E-state index contributed by atoms with van der Waals surface area (Å²) in [5, 5.41) is 9.57. The first kappa shape index (κ1) is 17.5. The lowest BCUT2D eigenvalue weighted by Crippen LogP contribution is -1.99. The van der Waals surface area contributed by atoms with Gasteiger partial charge in [-0.2, -0.15) is 14.9 Å². The topological polar surface area (TPSA) is 68.3 Å². The van der Waals surface area contributed by atoms with Crippen LogP contribution in [0.1, 0.15) is 23.8 Å². The first-order valence-corrected chi connectivity index (χ1v) is 8.20. The molecule has 0 fully saturated rings. The number of halogens is 3. The molecule has 6 nitrogen and oxygen atoms in total. The summed E-state index contributed by atoms with van der Waals surface area (Å²) in [6, 6.07) is 10.7. The van der Waals surface area contributed by atoms with Gasteiger partial charge in [-0.1, -0.05) is 15.9 Å². The molecule has 1 aromatic carbocycles. The Kier molecular flexibility index (Phi) is 5.39. The quantitative estimate of drug-likeness (QED) is 0.456. The van der Waals surface area contributed by atoms with E-state index in [-0.39, 0.29) is 11.4 Å². The zero-order chi connectivity index (χ0) is 17.8. The predicted octanol–water partition coefficient (Wildman–Crippen LogP) is 4.69. The van der Waals surface area contributed by atoms with Gasteiger partial charge in [0, 0.05) is 4.47 Å². The number of alkyl halides is 2. The number of benzene rings is 1. The third kappa shape index (κ3) is 4.40. The number of furan rings is 1. The second-order valence-corrected chi connectivity index (χ2v) is 6.09. The number of rotatable bonds is 6. The highest BCUT2D eigenvalue weighted by molar-refractivity contribution is 9.10. The van der Waals surface area contributed by atoms with Crippen LogP contribution in [0, 0.1) is 4.77 Å². The number of nitrogens with one attached hydrogen (secondary N) is 1. The van der Waals surface area contributed by atoms with Gasteiger partial charge in [0.1, 0.15) is 23.9 Å². The Morgan fingerprint density at radius 1 is 1.32 bits per heavy atom. The zero-order valence-corrected chi connectivity index (χ0v) is 14.9. The molecule has 0 spiro atoms. The van der Waals surface area contributed by atoms with Crippen LogP contribution in [-0.2, 0) is 6.61 Å². The van der Waals surface area contributed by atoms with Crippen molar-refractivity contribution in [3.8, 4) is 5.75 Å². The van der Waals surface area contributed by atoms with Crippen molar-refractivity contribution < 1.29 is 17.9 Å². The van der Waals surface area contributed by atoms with Crippen LogP contribution in [0.15, 0.2) is 50.4 Å². The molecule has 3 aromatic rings. The molecule has 0 bridgehead atoms. The van der Waals surface area contributed by atoms with E-state index >= 15 is 0 Å². The van der Waals surface area contributed by atoms with Crippen LogP contribution in [0.25, 0.3) is 0 Å². The molecule has 0 radical (unpaired) electrons. The largest absolute Gasteiger partial charge is 0.486 e. The summed E-state index contributed by atoms with van der Waals surface area (Å²) in [5.41, 5.74) is 0. The smallest absolute Gasteiger partial charge is 0.299 e. The van der Waals surface area contributed by atoms with Crippen LogP contribution < -0.4 is 4.74 Å². The fourth-order valence-electron chi connectivity index (χ4n) is 1.90. The normalized spacial score (nSPS) is 11.5. The molecule has 3 rings (SSSR count). The summed E-state index contributed by atoms with van der Waals surface area (Å²) in [7, 11) is 0. The first-order chi connectivity index (χ1) is 12.0. The van der Waals surface area contributed by atoms with Gasteiger partial charge in [0.15, 0.2) is 0 Å².